The zero-order chi connectivity index (χ0) is 4.85. The fourth-order valence-corrected chi connectivity index (χ4v) is 2.04. The van der Waals surface area contributed by atoms with Crippen LogP contribution < -0.4 is 0 Å². The summed E-state index contributed by atoms with van der Waals surface area (Å²) in [4.78, 5) is 1.37. The average Bonchev–Trinajstić information content (AvgIpc) is 1.85. The molecule has 0 saturated heterocycles. The van der Waals surface area contributed by atoms with Crippen molar-refractivity contribution in [3.05, 3.63) is 0 Å². The van der Waals surface area contributed by atoms with Crippen molar-refractivity contribution in [1.29, 1.82) is 0 Å². The first-order valence-electron chi connectivity index (χ1n) is 2.89. The van der Waals surface area contributed by atoms with Gasteiger partial charge in [-0.05, 0) is 36.0 Å². The lowest BCUT2D eigenvalue weighted by atomic mass is 9.85. The first-order valence-corrected chi connectivity index (χ1v) is 3.30. The molecular weight excluding hydrogens is 104 g/mol. The first-order chi connectivity index (χ1) is 3.36. The highest BCUT2D eigenvalue weighted by Crippen LogP contribution is 2.46. The summed E-state index contributed by atoms with van der Waals surface area (Å²) < 4.78 is 0. The van der Waals surface area contributed by atoms with E-state index in [1.54, 1.807) is 0 Å². The van der Waals surface area contributed by atoms with E-state index in [1.165, 1.54) is 24.1 Å². The standard InChI is InChI=1S/C6H8S/c7-6-3-4-1-5(6)2-4/h4-5H,1-3H2. The van der Waals surface area contributed by atoms with E-state index in [2.05, 4.69) is 0 Å². The third kappa shape index (κ3) is 0.394. The summed E-state index contributed by atoms with van der Waals surface area (Å²) in [7, 11) is 0. The quantitative estimate of drug-likeness (QED) is 0.430. The van der Waals surface area contributed by atoms with E-state index < -0.39 is 0 Å². The third-order valence-corrected chi connectivity index (χ3v) is 2.68. The number of thiocarbonyl (C=S) groups is 1. The van der Waals surface area contributed by atoms with Gasteiger partial charge in [0.15, 0.2) is 0 Å². The highest BCUT2D eigenvalue weighted by Gasteiger charge is 2.39. The highest BCUT2D eigenvalue weighted by atomic mass is 32.1. The number of fused-ring (bicyclic) bond motifs is 1. The minimum absolute atomic E-state index is 0.889. The molecular formula is C6H8S. The van der Waals surface area contributed by atoms with E-state index in [9.17, 15) is 0 Å². The lowest BCUT2D eigenvalue weighted by Crippen LogP contribution is -2.12. The Morgan fingerprint density at radius 3 is 2.29 bits per heavy atom. The van der Waals surface area contributed by atoms with Crippen LogP contribution in [-0.4, -0.2) is 4.86 Å². The fourth-order valence-electron chi connectivity index (χ4n) is 1.62. The summed E-state index contributed by atoms with van der Waals surface area (Å²) in [6.45, 7) is 0. The Hall–Kier alpha value is 0.0900. The summed E-state index contributed by atoms with van der Waals surface area (Å²) in [5.74, 6) is 1.91. The van der Waals surface area contributed by atoms with Gasteiger partial charge in [0.2, 0.25) is 0 Å². The predicted octanol–water partition coefficient (Wildman–Crippen LogP) is 1.79. The van der Waals surface area contributed by atoms with E-state index >= 15 is 0 Å². The van der Waals surface area contributed by atoms with Gasteiger partial charge in [0.1, 0.15) is 0 Å². The van der Waals surface area contributed by atoms with Gasteiger partial charge in [0.25, 0.3) is 0 Å². The largest absolute Gasteiger partial charge is 0.0894 e. The van der Waals surface area contributed by atoms with Gasteiger partial charge in [0.05, 0.1) is 0 Å². The van der Waals surface area contributed by atoms with E-state index in [4.69, 9.17) is 12.2 Å². The molecule has 0 atom stereocenters. The molecule has 7 heavy (non-hydrogen) atoms. The normalized spacial score (nSPS) is 46.6. The average molecular weight is 112 g/mol. The molecule has 0 aromatic heterocycles. The second-order valence-electron chi connectivity index (χ2n) is 2.70. The minimum atomic E-state index is 0.889. The van der Waals surface area contributed by atoms with Crippen molar-refractivity contribution in [3.8, 4) is 0 Å². The van der Waals surface area contributed by atoms with Gasteiger partial charge in [-0.3, -0.25) is 0 Å². The van der Waals surface area contributed by atoms with Gasteiger partial charge >= 0.3 is 0 Å². The van der Waals surface area contributed by atoms with Crippen LogP contribution in [-0.2, 0) is 0 Å². The van der Waals surface area contributed by atoms with Crippen molar-refractivity contribution >= 4 is 17.1 Å². The molecule has 2 bridgehead atoms. The Morgan fingerprint density at radius 1 is 1.43 bits per heavy atom. The molecule has 3 aliphatic carbocycles. The maximum atomic E-state index is 5.08. The second-order valence-corrected chi connectivity index (χ2v) is 3.23. The van der Waals surface area contributed by atoms with Gasteiger partial charge in [-0.15, -0.1) is 0 Å². The summed E-state index contributed by atoms with van der Waals surface area (Å²) in [5.41, 5.74) is 0. The highest BCUT2D eigenvalue weighted by molar-refractivity contribution is 7.80. The maximum absolute atomic E-state index is 5.08. The molecule has 3 saturated carbocycles. The van der Waals surface area contributed by atoms with Gasteiger partial charge in [-0.25, -0.2) is 0 Å². The van der Waals surface area contributed by atoms with Crippen LogP contribution in [0.4, 0.5) is 0 Å². The Bertz CT molecular complexity index is 111. The maximum Gasteiger partial charge on any atom is -0.00376 e. The Labute approximate surface area is 48.9 Å². The molecule has 38 valence electrons. The molecule has 3 fully saturated rings. The topological polar surface area (TPSA) is 0 Å². The van der Waals surface area contributed by atoms with Crippen LogP contribution in [0.3, 0.4) is 0 Å². The fraction of sp³-hybridized carbons (Fsp3) is 0.833. The monoisotopic (exact) mass is 112 g/mol. The van der Waals surface area contributed by atoms with Gasteiger partial charge < -0.3 is 0 Å². The van der Waals surface area contributed by atoms with Crippen LogP contribution in [0.15, 0.2) is 0 Å². The van der Waals surface area contributed by atoms with Gasteiger partial charge in [-0.1, -0.05) is 12.2 Å². The van der Waals surface area contributed by atoms with Crippen molar-refractivity contribution in [2.75, 3.05) is 0 Å². The zero-order valence-electron chi connectivity index (χ0n) is 4.18. The molecule has 3 aliphatic rings. The van der Waals surface area contributed by atoms with Gasteiger partial charge in [-0.2, -0.15) is 0 Å². The van der Waals surface area contributed by atoms with E-state index in [0.29, 0.717) is 0 Å². The molecule has 0 aromatic carbocycles. The second kappa shape index (κ2) is 1.08. The number of hydrogen-bond donors (Lipinski definition) is 0. The molecule has 0 aliphatic heterocycles. The van der Waals surface area contributed by atoms with E-state index in [-0.39, 0.29) is 0 Å². The molecule has 0 spiro atoms. The van der Waals surface area contributed by atoms with Crippen LogP contribution in [0, 0.1) is 11.8 Å². The molecule has 1 heteroatoms. The van der Waals surface area contributed by atoms with Crippen LogP contribution in [0.5, 0.6) is 0 Å². The van der Waals surface area contributed by atoms with Gasteiger partial charge in [0, 0.05) is 0 Å². The van der Waals surface area contributed by atoms with E-state index in [0.717, 1.165) is 11.8 Å². The third-order valence-electron chi connectivity index (χ3n) is 2.18. The number of rotatable bonds is 0. The smallest absolute Gasteiger partial charge is 0.00376 e. The van der Waals surface area contributed by atoms with Crippen LogP contribution in [0.1, 0.15) is 19.3 Å². The van der Waals surface area contributed by atoms with Crippen molar-refractivity contribution < 1.29 is 0 Å². The lowest BCUT2D eigenvalue weighted by molar-refractivity contribution is 0.324. The van der Waals surface area contributed by atoms with Crippen LogP contribution >= 0.6 is 12.2 Å². The molecule has 0 N–H and O–H groups in total. The SMILES string of the molecule is S=C1CC2CC1C2. The Balaban J connectivity index is 2.27. The molecule has 0 radical (unpaired) electrons. The minimum Gasteiger partial charge on any atom is -0.0894 e. The van der Waals surface area contributed by atoms with Crippen molar-refractivity contribution in [2.45, 2.75) is 19.3 Å². The Morgan fingerprint density at radius 2 is 2.14 bits per heavy atom. The lowest BCUT2D eigenvalue weighted by Gasteiger charge is -2.20. The predicted molar refractivity (Wildman–Crippen MR) is 33.4 cm³/mol. The van der Waals surface area contributed by atoms with Crippen molar-refractivity contribution in [1.82, 2.24) is 0 Å². The molecule has 3 rings (SSSR count). The summed E-state index contributed by atoms with van der Waals surface area (Å²) in [6, 6.07) is 0. The first kappa shape index (κ1) is 4.02. The summed E-state index contributed by atoms with van der Waals surface area (Å²) >= 11 is 5.08. The number of hydrogen-bond acceptors (Lipinski definition) is 1. The van der Waals surface area contributed by atoms with Crippen LogP contribution in [0.2, 0.25) is 0 Å². The molecule has 0 heterocycles. The summed E-state index contributed by atoms with van der Waals surface area (Å²) in [5, 5.41) is 0. The van der Waals surface area contributed by atoms with Crippen molar-refractivity contribution in [2.24, 2.45) is 11.8 Å². The summed E-state index contributed by atoms with van der Waals surface area (Å²) in [6.07, 6.45) is 4.14. The van der Waals surface area contributed by atoms with Crippen LogP contribution in [0.25, 0.3) is 0 Å². The van der Waals surface area contributed by atoms with Crippen molar-refractivity contribution in [3.63, 3.8) is 0 Å². The molecule has 0 unspecified atom stereocenters. The Kier molecular flexibility index (Phi) is 0.620. The zero-order valence-corrected chi connectivity index (χ0v) is 5.00. The molecule has 0 amide bonds. The van der Waals surface area contributed by atoms with E-state index in [1.807, 2.05) is 0 Å². The molecule has 0 aromatic rings. The molecule has 0 nitrogen and oxygen atoms in total.